The minimum Gasteiger partial charge on any atom is -0.292 e. The molecule has 0 saturated heterocycles. The summed E-state index contributed by atoms with van der Waals surface area (Å²) in [6.45, 7) is 2.98. The van der Waals surface area contributed by atoms with Crippen LogP contribution in [0.3, 0.4) is 0 Å². The Labute approximate surface area is 114 Å². The van der Waals surface area contributed by atoms with Crippen LogP contribution in [0, 0.1) is 0 Å². The van der Waals surface area contributed by atoms with Crippen LogP contribution in [0.25, 0.3) is 0 Å². The van der Waals surface area contributed by atoms with Gasteiger partial charge in [0.1, 0.15) is 4.75 Å². The van der Waals surface area contributed by atoms with Gasteiger partial charge >= 0.3 is 0 Å². The number of carbonyl (C=O) groups is 1. The maximum atomic E-state index is 12.6. The van der Waals surface area contributed by atoms with Crippen molar-refractivity contribution in [3.8, 4) is 0 Å². The van der Waals surface area contributed by atoms with Crippen LogP contribution in [-0.2, 0) is 9.84 Å². The molecule has 1 saturated carbocycles. The van der Waals surface area contributed by atoms with Crippen LogP contribution in [0.4, 0.5) is 0 Å². The Kier molecular flexibility index (Phi) is 3.56. The molecule has 0 heterocycles. The van der Waals surface area contributed by atoms with Crippen molar-refractivity contribution in [2.75, 3.05) is 6.26 Å². The van der Waals surface area contributed by atoms with Gasteiger partial charge < -0.3 is 0 Å². The van der Waals surface area contributed by atoms with Crippen LogP contribution < -0.4 is 0 Å². The van der Waals surface area contributed by atoms with Gasteiger partial charge in [0.15, 0.2) is 15.6 Å². The molecule has 0 amide bonds. The van der Waals surface area contributed by atoms with Gasteiger partial charge in [-0.3, -0.25) is 4.79 Å². The molecule has 1 aliphatic carbocycles. The molecule has 0 N–H and O–H groups in total. The van der Waals surface area contributed by atoms with Gasteiger partial charge in [-0.15, -0.1) is 0 Å². The summed E-state index contributed by atoms with van der Waals surface area (Å²) in [6, 6.07) is 7.42. The minimum atomic E-state index is -3.43. The highest BCUT2D eigenvalue weighted by Gasteiger charge is 2.40. The summed E-state index contributed by atoms with van der Waals surface area (Å²) in [7, 11) is -3.43. The average molecular weight is 280 g/mol. The van der Waals surface area contributed by atoms with Crippen molar-refractivity contribution in [2.24, 2.45) is 0 Å². The molecule has 0 bridgehead atoms. The third kappa shape index (κ3) is 2.46. The van der Waals surface area contributed by atoms with Gasteiger partial charge in [-0.05, 0) is 38.2 Å². The van der Waals surface area contributed by atoms with Crippen LogP contribution in [0.15, 0.2) is 24.3 Å². The largest absolute Gasteiger partial charge is 0.292 e. The topological polar surface area (TPSA) is 51.2 Å². The van der Waals surface area contributed by atoms with E-state index in [1.807, 2.05) is 12.1 Å². The van der Waals surface area contributed by atoms with E-state index in [0.29, 0.717) is 11.5 Å². The molecule has 2 rings (SSSR count). The minimum absolute atomic E-state index is 0.294. The van der Waals surface area contributed by atoms with Gasteiger partial charge in [-0.2, -0.15) is 0 Å². The fourth-order valence-electron chi connectivity index (χ4n) is 2.27. The van der Waals surface area contributed by atoms with Crippen LogP contribution in [-0.4, -0.2) is 25.2 Å². The van der Waals surface area contributed by atoms with Gasteiger partial charge in [0.2, 0.25) is 0 Å². The molecule has 1 aromatic rings. The molecule has 1 fully saturated rings. The molecule has 0 spiro atoms. The average Bonchev–Trinajstić information content (AvgIpc) is 2.25. The summed E-state index contributed by atoms with van der Waals surface area (Å²) in [5.41, 5.74) is 1.58. The van der Waals surface area contributed by atoms with Gasteiger partial charge in [-0.25, -0.2) is 8.42 Å². The lowest BCUT2D eigenvalue weighted by molar-refractivity contribution is 0.0952. The van der Waals surface area contributed by atoms with Crippen molar-refractivity contribution in [2.45, 2.75) is 43.8 Å². The van der Waals surface area contributed by atoms with Crippen LogP contribution >= 0.6 is 0 Å². The molecule has 1 aliphatic rings. The quantitative estimate of drug-likeness (QED) is 0.797. The third-order valence-electron chi connectivity index (χ3n) is 4.22. The smallest absolute Gasteiger partial charge is 0.183 e. The van der Waals surface area contributed by atoms with E-state index >= 15 is 0 Å². The van der Waals surface area contributed by atoms with E-state index in [0.717, 1.165) is 24.7 Å². The molecule has 104 valence electrons. The molecule has 0 unspecified atom stereocenters. The van der Waals surface area contributed by atoms with Crippen molar-refractivity contribution >= 4 is 15.6 Å². The Hall–Kier alpha value is -1.16. The van der Waals surface area contributed by atoms with Crippen LogP contribution in [0.1, 0.15) is 54.9 Å². The molecule has 19 heavy (non-hydrogen) atoms. The fraction of sp³-hybridized carbons (Fsp3) is 0.533. The number of rotatable bonds is 4. The number of hydrogen-bond donors (Lipinski definition) is 0. The van der Waals surface area contributed by atoms with Crippen molar-refractivity contribution in [1.82, 2.24) is 0 Å². The molecule has 3 nitrogen and oxygen atoms in total. The highest BCUT2D eigenvalue weighted by molar-refractivity contribution is 7.92. The molecule has 4 heteroatoms. The number of benzene rings is 1. The third-order valence-corrected chi connectivity index (χ3v) is 6.26. The van der Waals surface area contributed by atoms with E-state index in [1.165, 1.54) is 20.3 Å². The number of ketones is 1. The zero-order valence-corrected chi connectivity index (χ0v) is 12.5. The van der Waals surface area contributed by atoms with Gasteiger partial charge in [0.05, 0.1) is 0 Å². The van der Waals surface area contributed by atoms with Crippen molar-refractivity contribution in [1.29, 1.82) is 0 Å². The zero-order valence-electron chi connectivity index (χ0n) is 11.6. The Morgan fingerprint density at radius 1 is 1.21 bits per heavy atom. The second kappa shape index (κ2) is 4.75. The first kappa shape index (κ1) is 14.3. The maximum absolute atomic E-state index is 12.6. The summed E-state index contributed by atoms with van der Waals surface area (Å²) >= 11 is 0. The molecular formula is C15H20O3S. The molecule has 0 aliphatic heterocycles. The van der Waals surface area contributed by atoms with E-state index in [4.69, 9.17) is 0 Å². The second-order valence-electron chi connectivity index (χ2n) is 5.83. The maximum Gasteiger partial charge on any atom is 0.183 e. The molecule has 0 radical (unpaired) electrons. The van der Waals surface area contributed by atoms with Gasteiger partial charge in [0.25, 0.3) is 0 Å². The Bertz CT molecular complexity index is 596. The Morgan fingerprint density at radius 3 is 2.26 bits per heavy atom. The Morgan fingerprint density at radius 2 is 1.79 bits per heavy atom. The van der Waals surface area contributed by atoms with Crippen molar-refractivity contribution in [3.05, 3.63) is 35.4 Å². The summed E-state index contributed by atoms with van der Waals surface area (Å²) in [6.07, 6.45) is 4.48. The fourth-order valence-corrected chi connectivity index (χ4v) is 2.72. The van der Waals surface area contributed by atoms with Gasteiger partial charge in [0, 0.05) is 11.8 Å². The molecule has 0 atom stereocenters. The van der Waals surface area contributed by atoms with Crippen LogP contribution in [0.5, 0.6) is 0 Å². The van der Waals surface area contributed by atoms with E-state index in [9.17, 15) is 13.2 Å². The molecular weight excluding hydrogens is 260 g/mol. The predicted octanol–water partition coefficient (Wildman–Crippen LogP) is 2.96. The molecule has 0 aromatic heterocycles. The molecule has 1 aromatic carbocycles. The van der Waals surface area contributed by atoms with E-state index in [2.05, 4.69) is 0 Å². The lowest BCUT2D eigenvalue weighted by Gasteiger charge is -2.29. The summed E-state index contributed by atoms with van der Waals surface area (Å²) in [5.74, 6) is 0.119. The number of sulfone groups is 1. The normalized spacial score (nSPS) is 17.0. The van der Waals surface area contributed by atoms with Crippen LogP contribution in [0.2, 0.25) is 0 Å². The summed E-state index contributed by atoms with van der Waals surface area (Å²) in [4.78, 5) is 12.6. The second-order valence-corrected chi connectivity index (χ2v) is 8.39. The Balaban J connectivity index is 2.45. The monoisotopic (exact) mass is 280 g/mol. The van der Waals surface area contributed by atoms with Crippen molar-refractivity contribution < 1.29 is 13.2 Å². The highest BCUT2D eigenvalue weighted by Crippen LogP contribution is 2.39. The number of Topliss-reactive ketones (excluding diaryl/α,β-unsaturated/α-hetero) is 1. The predicted molar refractivity (Wildman–Crippen MR) is 76.3 cm³/mol. The van der Waals surface area contributed by atoms with E-state index in [-0.39, 0.29) is 5.78 Å². The first-order valence-electron chi connectivity index (χ1n) is 6.58. The van der Waals surface area contributed by atoms with Crippen molar-refractivity contribution in [3.63, 3.8) is 0 Å². The summed E-state index contributed by atoms with van der Waals surface area (Å²) in [5, 5.41) is 0. The van der Waals surface area contributed by atoms with E-state index in [1.54, 1.807) is 12.1 Å². The van der Waals surface area contributed by atoms with Gasteiger partial charge in [-0.1, -0.05) is 30.7 Å². The number of carbonyl (C=O) groups excluding carboxylic acids is 1. The lowest BCUT2D eigenvalue weighted by Crippen LogP contribution is -2.40. The first-order chi connectivity index (χ1) is 8.75. The summed E-state index contributed by atoms with van der Waals surface area (Å²) < 4.78 is 22.3. The SMILES string of the molecule is CC(C)(C(=O)c1ccccc1C1CCC1)S(C)(=O)=O. The zero-order chi connectivity index (χ0) is 14.3. The van der Waals surface area contributed by atoms with E-state index < -0.39 is 14.6 Å². The lowest BCUT2D eigenvalue weighted by atomic mass is 9.77. The standard InChI is InChI=1S/C15H20O3S/c1-15(2,19(3,17)18)14(16)13-10-5-4-9-12(13)11-7-6-8-11/h4-5,9-11H,6-8H2,1-3H3. The highest BCUT2D eigenvalue weighted by atomic mass is 32.2. The first-order valence-corrected chi connectivity index (χ1v) is 8.47. The number of hydrogen-bond acceptors (Lipinski definition) is 3.